The Balaban J connectivity index is 2.46. The molecule has 0 aromatic carbocycles. The fourth-order valence-corrected chi connectivity index (χ4v) is 1.09. The van der Waals surface area contributed by atoms with Gasteiger partial charge < -0.3 is 16.2 Å². The maximum Gasteiger partial charge on any atom is 0.325 e. The average molecular weight is 186 g/mol. The predicted octanol–water partition coefficient (Wildman–Crippen LogP) is -0.685. The molecule has 5 nitrogen and oxygen atoms in total. The maximum atomic E-state index is 11.4. The molecule has 13 heavy (non-hydrogen) atoms. The Labute approximate surface area is 76.3 Å². The van der Waals surface area contributed by atoms with Gasteiger partial charge in [0.15, 0.2) is 0 Å². The monoisotopic (exact) mass is 186 g/mol. The zero-order valence-corrected chi connectivity index (χ0v) is 7.54. The number of nitrogens with two attached hydrogens (primary N) is 1. The number of carbonyl (C=O) groups is 2. The molecule has 4 N–H and O–H groups in total. The second-order valence-electron chi connectivity index (χ2n) is 3.52. The van der Waals surface area contributed by atoms with Gasteiger partial charge in [-0.2, -0.15) is 0 Å². The van der Waals surface area contributed by atoms with Gasteiger partial charge in [-0.15, -0.1) is 0 Å². The van der Waals surface area contributed by atoms with Gasteiger partial charge >= 0.3 is 5.97 Å². The Morgan fingerprint density at radius 1 is 1.62 bits per heavy atom. The number of hydrogen-bond donors (Lipinski definition) is 3. The minimum absolute atomic E-state index is 0.232. The van der Waals surface area contributed by atoms with Crippen LogP contribution >= 0.6 is 0 Å². The largest absolute Gasteiger partial charge is 0.480 e. The van der Waals surface area contributed by atoms with Gasteiger partial charge in [-0.3, -0.25) is 9.59 Å². The van der Waals surface area contributed by atoms with Crippen molar-refractivity contribution in [3.05, 3.63) is 0 Å². The van der Waals surface area contributed by atoms with Crippen LogP contribution in [0, 0.1) is 5.41 Å². The molecule has 5 heteroatoms. The lowest BCUT2D eigenvalue weighted by molar-refractivity contribution is -0.142. The quantitative estimate of drug-likeness (QED) is 0.542. The number of hydrogen-bond acceptors (Lipinski definition) is 3. The lowest BCUT2D eigenvalue weighted by Crippen LogP contribution is -2.44. The van der Waals surface area contributed by atoms with Crippen LogP contribution in [-0.4, -0.2) is 29.6 Å². The minimum Gasteiger partial charge on any atom is -0.480 e. The Morgan fingerprint density at radius 3 is 2.46 bits per heavy atom. The van der Waals surface area contributed by atoms with Gasteiger partial charge in [0.25, 0.3) is 0 Å². The summed E-state index contributed by atoms with van der Waals surface area (Å²) < 4.78 is 0. The molecule has 0 aromatic heterocycles. The van der Waals surface area contributed by atoms with Crippen molar-refractivity contribution in [3.8, 4) is 0 Å². The molecule has 0 unspecified atom stereocenters. The molecule has 0 aromatic rings. The molecule has 1 aliphatic rings. The van der Waals surface area contributed by atoms with E-state index in [0.717, 1.165) is 12.8 Å². The molecule has 0 saturated heterocycles. The van der Waals surface area contributed by atoms with Gasteiger partial charge in [-0.25, -0.2) is 0 Å². The standard InChI is InChI=1S/C8H14N2O3/c1-5(6(11)12)10-7(13)8(4-9)2-3-8/h5H,2-4,9H2,1H3,(H,10,13)(H,11,12)/t5-/m0/s1. The number of rotatable bonds is 4. The summed E-state index contributed by atoms with van der Waals surface area (Å²) in [5.41, 5.74) is 4.94. The molecule has 0 heterocycles. The van der Waals surface area contributed by atoms with Crippen molar-refractivity contribution in [3.63, 3.8) is 0 Å². The summed E-state index contributed by atoms with van der Waals surface area (Å²) in [5.74, 6) is -1.26. The zero-order valence-electron chi connectivity index (χ0n) is 7.54. The van der Waals surface area contributed by atoms with Crippen LogP contribution in [0.2, 0.25) is 0 Å². The first-order valence-electron chi connectivity index (χ1n) is 4.26. The first-order chi connectivity index (χ1) is 6.02. The molecule has 1 rings (SSSR count). The molecule has 1 aliphatic carbocycles. The van der Waals surface area contributed by atoms with Crippen molar-refractivity contribution >= 4 is 11.9 Å². The zero-order chi connectivity index (χ0) is 10.1. The molecule has 0 aliphatic heterocycles. The van der Waals surface area contributed by atoms with E-state index >= 15 is 0 Å². The molecule has 1 amide bonds. The Kier molecular flexibility index (Phi) is 2.56. The summed E-state index contributed by atoms with van der Waals surface area (Å²) in [6.45, 7) is 1.73. The van der Waals surface area contributed by atoms with Gasteiger partial charge in [0.1, 0.15) is 6.04 Å². The van der Waals surface area contributed by atoms with Crippen LogP contribution in [0.25, 0.3) is 0 Å². The second-order valence-corrected chi connectivity index (χ2v) is 3.52. The summed E-state index contributed by atoms with van der Waals surface area (Å²) in [5, 5.41) is 11.0. The van der Waals surface area contributed by atoms with Crippen molar-refractivity contribution in [2.45, 2.75) is 25.8 Å². The third-order valence-electron chi connectivity index (χ3n) is 2.44. The van der Waals surface area contributed by atoms with Crippen molar-refractivity contribution in [1.82, 2.24) is 5.32 Å². The van der Waals surface area contributed by atoms with Crippen LogP contribution in [0.1, 0.15) is 19.8 Å². The van der Waals surface area contributed by atoms with Gasteiger partial charge in [-0.1, -0.05) is 0 Å². The van der Waals surface area contributed by atoms with E-state index in [9.17, 15) is 9.59 Å². The van der Waals surface area contributed by atoms with Crippen LogP contribution in [0.5, 0.6) is 0 Å². The SMILES string of the molecule is C[C@H](NC(=O)C1(CN)CC1)C(=O)O. The number of carboxylic acid groups (broad SMARTS) is 1. The molecule has 0 bridgehead atoms. The normalized spacial score (nSPS) is 20.5. The third kappa shape index (κ3) is 1.98. The minimum atomic E-state index is -1.03. The summed E-state index contributed by atoms with van der Waals surface area (Å²) in [4.78, 5) is 21.8. The topological polar surface area (TPSA) is 92.4 Å². The van der Waals surface area contributed by atoms with Gasteiger partial charge in [0, 0.05) is 6.54 Å². The highest BCUT2D eigenvalue weighted by Crippen LogP contribution is 2.44. The van der Waals surface area contributed by atoms with E-state index in [0.29, 0.717) is 6.54 Å². The Bertz CT molecular complexity index is 236. The van der Waals surface area contributed by atoms with E-state index < -0.39 is 17.4 Å². The van der Waals surface area contributed by atoms with E-state index in [2.05, 4.69) is 5.32 Å². The van der Waals surface area contributed by atoms with E-state index in [-0.39, 0.29) is 5.91 Å². The highest BCUT2D eigenvalue weighted by Gasteiger charge is 2.48. The van der Waals surface area contributed by atoms with Gasteiger partial charge in [0.05, 0.1) is 5.41 Å². The molecule has 0 spiro atoms. The maximum absolute atomic E-state index is 11.4. The fourth-order valence-electron chi connectivity index (χ4n) is 1.09. The number of nitrogens with one attached hydrogen (secondary N) is 1. The molecular weight excluding hydrogens is 172 g/mol. The highest BCUT2D eigenvalue weighted by atomic mass is 16.4. The number of carbonyl (C=O) groups excluding carboxylic acids is 1. The van der Waals surface area contributed by atoms with Crippen molar-refractivity contribution < 1.29 is 14.7 Å². The lowest BCUT2D eigenvalue weighted by Gasteiger charge is -2.15. The van der Waals surface area contributed by atoms with Gasteiger partial charge in [-0.05, 0) is 19.8 Å². The van der Waals surface area contributed by atoms with Crippen LogP contribution < -0.4 is 11.1 Å². The molecule has 74 valence electrons. The Morgan fingerprint density at radius 2 is 2.15 bits per heavy atom. The van der Waals surface area contributed by atoms with Gasteiger partial charge in [0.2, 0.25) is 5.91 Å². The van der Waals surface area contributed by atoms with E-state index in [1.165, 1.54) is 6.92 Å². The van der Waals surface area contributed by atoms with E-state index in [1.807, 2.05) is 0 Å². The smallest absolute Gasteiger partial charge is 0.325 e. The van der Waals surface area contributed by atoms with Crippen LogP contribution in [0.4, 0.5) is 0 Å². The fraction of sp³-hybridized carbons (Fsp3) is 0.750. The number of carboxylic acids is 1. The lowest BCUT2D eigenvalue weighted by atomic mass is 10.1. The first-order valence-corrected chi connectivity index (χ1v) is 4.26. The Hall–Kier alpha value is -1.10. The predicted molar refractivity (Wildman–Crippen MR) is 46.0 cm³/mol. The van der Waals surface area contributed by atoms with E-state index in [4.69, 9.17) is 10.8 Å². The first kappa shape index (κ1) is 9.98. The molecule has 1 atom stereocenters. The highest BCUT2D eigenvalue weighted by molar-refractivity contribution is 5.89. The number of aliphatic carboxylic acids is 1. The van der Waals surface area contributed by atoms with Crippen LogP contribution in [0.15, 0.2) is 0 Å². The summed E-state index contributed by atoms with van der Waals surface area (Å²) in [6.07, 6.45) is 1.53. The molecule has 0 radical (unpaired) electrons. The summed E-state index contributed by atoms with van der Waals surface area (Å²) in [7, 11) is 0. The average Bonchev–Trinajstić information content (AvgIpc) is 2.84. The van der Waals surface area contributed by atoms with Crippen molar-refractivity contribution in [1.29, 1.82) is 0 Å². The van der Waals surface area contributed by atoms with Crippen LogP contribution in [0.3, 0.4) is 0 Å². The third-order valence-corrected chi connectivity index (χ3v) is 2.44. The summed E-state index contributed by atoms with van der Waals surface area (Å²) in [6, 6.07) is -0.837. The van der Waals surface area contributed by atoms with Crippen molar-refractivity contribution in [2.75, 3.05) is 6.54 Å². The van der Waals surface area contributed by atoms with Crippen LogP contribution in [-0.2, 0) is 9.59 Å². The number of amides is 1. The molecular formula is C8H14N2O3. The molecule has 1 fully saturated rings. The molecule has 1 saturated carbocycles. The van der Waals surface area contributed by atoms with E-state index in [1.54, 1.807) is 0 Å². The second kappa shape index (κ2) is 3.33. The van der Waals surface area contributed by atoms with Crippen molar-refractivity contribution in [2.24, 2.45) is 11.1 Å². The summed E-state index contributed by atoms with van der Waals surface area (Å²) >= 11 is 0.